The summed E-state index contributed by atoms with van der Waals surface area (Å²) in [7, 11) is 0. The van der Waals surface area contributed by atoms with Gasteiger partial charge in [0.15, 0.2) is 12.2 Å². The quantitative estimate of drug-likeness (QED) is 0.621. The molecule has 0 N–H and O–H groups in total. The van der Waals surface area contributed by atoms with Crippen LogP contribution in [0.2, 0.25) is 0 Å². The van der Waals surface area contributed by atoms with E-state index in [0.717, 1.165) is 17.6 Å². The fraction of sp³-hybridized carbons (Fsp3) is 0.235. The van der Waals surface area contributed by atoms with Gasteiger partial charge in [-0.1, -0.05) is 36.8 Å². The SMILES string of the molecule is CCC1=CN(Cc2cccc(C)c2)C(=C=O)C(C=O)=C1. The van der Waals surface area contributed by atoms with Gasteiger partial charge in [-0.05, 0) is 30.6 Å². The van der Waals surface area contributed by atoms with Gasteiger partial charge in [-0.2, -0.15) is 0 Å². The summed E-state index contributed by atoms with van der Waals surface area (Å²) >= 11 is 0. The average molecular weight is 267 g/mol. The van der Waals surface area contributed by atoms with E-state index in [0.29, 0.717) is 24.1 Å². The van der Waals surface area contributed by atoms with Crippen LogP contribution < -0.4 is 0 Å². The second-order valence-electron chi connectivity index (χ2n) is 4.84. The summed E-state index contributed by atoms with van der Waals surface area (Å²) < 4.78 is 0. The Morgan fingerprint density at radius 1 is 1.35 bits per heavy atom. The second-order valence-corrected chi connectivity index (χ2v) is 4.84. The maximum absolute atomic E-state index is 11.2. The van der Waals surface area contributed by atoms with Gasteiger partial charge < -0.3 is 4.90 Å². The summed E-state index contributed by atoms with van der Waals surface area (Å²) in [6.07, 6.45) is 5.19. The minimum atomic E-state index is 0.304. The molecule has 0 radical (unpaired) electrons. The predicted molar refractivity (Wildman–Crippen MR) is 78.4 cm³/mol. The van der Waals surface area contributed by atoms with Crippen LogP contribution in [0.3, 0.4) is 0 Å². The van der Waals surface area contributed by atoms with E-state index in [2.05, 4.69) is 6.07 Å². The smallest absolute Gasteiger partial charge is 0.152 e. The first-order valence-electron chi connectivity index (χ1n) is 6.63. The molecule has 1 aromatic rings. The van der Waals surface area contributed by atoms with E-state index in [-0.39, 0.29) is 0 Å². The first kappa shape index (κ1) is 14.0. The monoisotopic (exact) mass is 267 g/mol. The summed E-state index contributed by atoms with van der Waals surface area (Å²) in [4.78, 5) is 24.1. The van der Waals surface area contributed by atoms with Gasteiger partial charge in [-0.3, -0.25) is 4.79 Å². The van der Waals surface area contributed by atoms with Crippen molar-refractivity contribution >= 4 is 12.2 Å². The number of benzene rings is 1. The molecule has 0 spiro atoms. The van der Waals surface area contributed by atoms with Gasteiger partial charge in [-0.15, -0.1) is 0 Å². The van der Waals surface area contributed by atoms with E-state index in [1.807, 2.05) is 44.2 Å². The van der Waals surface area contributed by atoms with Crippen molar-refractivity contribution in [1.29, 1.82) is 0 Å². The Labute approximate surface area is 118 Å². The summed E-state index contributed by atoms with van der Waals surface area (Å²) in [6, 6.07) is 8.09. The summed E-state index contributed by atoms with van der Waals surface area (Å²) in [6.45, 7) is 4.60. The van der Waals surface area contributed by atoms with Crippen molar-refractivity contribution in [2.75, 3.05) is 0 Å². The van der Waals surface area contributed by atoms with Crippen LogP contribution in [0.4, 0.5) is 0 Å². The third-order valence-corrected chi connectivity index (χ3v) is 3.29. The highest BCUT2D eigenvalue weighted by Crippen LogP contribution is 2.24. The average Bonchev–Trinajstić information content (AvgIpc) is 2.46. The van der Waals surface area contributed by atoms with Crippen LogP contribution in [0.5, 0.6) is 0 Å². The normalized spacial score (nSPS) is 14.5. The zero-order valence-electron chi connectivity index (χ0n) is 11.7. The number of rotatable bonds is 4. The van der Waals surface area contributed by atoms with E-state index >= 15 is 0 Å². The number of carbonyl (C=O) groups is 1. The van der Waals surface area contributed by atoms with Gasteiger partial charge in [0.05, 0.1) is 0 Å². The minimum absolute atomic E-state index is 0.304. The zero-order chi connectivity index (χ0) is 14.5. The van der Waals surface area contributed by atoms with E-state index in [4.69, 9.17) is 0 Å². The van der Waals surface area contributed by atoms with Gasteiger partial charge in [0.2, 0.25) is 0 Å². The lowest BCUT2D eigenvalue weighted by Gasteiger charge is -2.26. The fourth-order valence-corrected chi connectivity index (χ4v) is 2.27. The molecule has 0 aromatic heterocycles. The molecule has 0 fully saturated rings. The van der Waals surface area contributed by atoms with E-state index < -0.39 is 0 Å². The molecule has 0 unspecified atom stereocenters. The molecule has 20 heavy (non-hydrogen) atoms. The Kier molecular flexibility index (Phi) is 4.34. The van der Waals surface area contributed by atoms with Crippen molar-refractivity contribution < 1.29 is 9.59 Å². The number of allylic oxidation sites excluding steroid dienone is 3. The van der Waals surface area contributed by atoms with Crippen molar-refractivity contribution in [1.82, 2.24) is 4.90 Å². The molecule has 0 bridgehead atoms. The number of hydrogen-bond donors (Lipinski definition) is 0. The first-order valence-corrected chi connectivity index (χ1v) is 6.63. The highest BCUT2D eigenvalue weighted by Gasteiger charge is 2.19. The van der Waals surface area contributed by atoms with Crippen LogP contribution in [0.1, 0.15) is 24.5 Å². The first-order chi connectivity index (χ1) is 9.67. The van der Waals surface area contributed by atoms with Gasteiger partial charge in [0.1, 0.15) is 5.70 Å². The molecule has 1 aliphatic rings. The second kappa shape index (κ2) is 6.18. The summed E-state index contributed by atoms with van der Waals surface area (Å²) in [5.74, 6) is 1.88. The third-order valence-electron chi connectivity index (χ3n) is 3.29. The van der Waals surface area contributed by atoms with Crippen LogP contribution in [0, 0.1) is 6.92 Å². The van der Waals surface area contributed by atoms with Gasteiger partial charge >= 0.3 is 0 Å². The van der Waals surface area contributed by atoms with Crippen molar-refractivity contribution in [3.05, 3.63) is 64.5 Å². The van der Waals surface area contributed by atoms with Crippen molar-refractivity contribution in [3.63, 3.8) is 0 Å². The van der Waals surface area contributed by atoms with Gasteiger partial charge in [-0.25, -0.2) is 4.79 Å². The Bertz CT molecular complexity index is 634. The Hall–Kier alpha value is -2.38. The topological polar surface area (TPSA) is 37.4 Å². The number of aryl methyl sites for hydroxylation is 1. The van der Waals surface area contributed by atoms with Crippen LogP contribution in [-0.4, -0.2) is 17.1 Å². The van der Waals surface area contributed by atoms with Gasteiger partial charge in [0.25, 0.3) is 0 Å². The minimum Gasteiger partial charge on any atom is -0.334 e. The number of carbonyl (C=O) groups excluding carboxylic acids is 2. The van der Waals surface area contributed by atoms with Crippen LogP contribution in [-0.2, 0) is 16.1 Å². The number of aldehydes is 1. The number of hydrogen-bond acceptors (Lipinski definition) is 3. The Balaban J connectivity index is 2.34. The van der Waals surface area contributed by atoms with Crippen molar-refractivity contribution in [2.45, 2.75) is 26.8 Å². The maximum Gasteiger partial charge on any atom is 0.152 e. The zero-order valence-corrected chi connectivity index (χ0v) is 11.7. The highest BCUT2D eigenvalue weighted by molar-refractivity contribution is 5.86. The molecule has 3 heteroatoms. The standard InChI is InChI=1S/C17H17NO2/c1-3-14-8-16(11-19)17(12-20)18(9-14)10-15-6-4-5-13(2)7-15/h4-9,11H,3,10H2,1-2H3. The summed E-state index contributed by atoms with van der Waals surface area (Å²) in [5, 5.41) is 0. The van der Waals surface area contributed by atoms with E-state index in [1.165, 1.54) is 5.56 Å². The molecule has 0 atom stereocenters. The lowest BCUT2D eigenvalue weighted by Crippen LogP contribution is -2.22. The van der Waals surface area contributed by atoms with Crippen molar-refractivity contribution in [3.8, 4) is 0 Å². The molecule has 1 heterocycles. The lowest BCUT2D eigenvalue weighted by molar-refractivity contribution is -0.104. The molecule has 2 rings (SSSR count). The molecule has 1 aromatic carbocycles. The highest BCUT2D eigenvalue weighted by atomic mass is 16.1. The molecular formula is C17H17NO2. The molecule has 3 nitrogen and oxygen atoms in total. The summed E-state index contributed by atoms with van der Waals surface area (Å²) in [5.41, 5.74) is 3.99. The Morgan fingerprint density at radius 2 is 2.15 bits per heavy atom. The molecule has 0 saturated heterocycles. The molecule has 0 aliphatic carbocycles. The lowest BCUT2D eigenvalue weighted by atomic mass is 10.0. The molecular weight excluding hydrogens is 250 g/mol. The van der Waals surface area contributed by atoms with Crippen LogP contribution in [0.25, 0.3) is 0 Å². The third kappa shape index (κ3) is 2.95. The van der Waals surface area contributed by atoms with E-state index in [9.17, 15) is 9.59 Å². The maximum atomic E-state index is 11.2. The van der Waals surface area contributed by atoms with Crippen molar-refractivity contribution in [2.24, 2.45) is 0 Å². The molecule has 102 valence electrons. The van der Waals surface area contributed by atoms with Crippen LogP contribution in [0.15, 0.2) is 53.4 Å². The fourth-order valence-electron chi connectivity index (χ4n) is 2.27. The Morgan fingerprint density at radius 3 is 2.75 bits per heavy atom. The van der Waals surface area contributed by atoms with Crippen LogP contribution >= 0.6 is 0 Å². The number of nitrogens with zero attached hydrogens (tertiary/aromatic N) is 1. The van der Waals surface area contributed by atoms with E-state index in [1.54, 1.807) is 11.0 Å². The largest absolute Gasteiger partial charge is 0.334 e. The predicted octanol–water partition coefficient (Wildman–Crippen LogP) is 2.95. The van der Waals surface area contributed by atoms with Gasteiger partial charge in [0, 0.05) is 18.3 Å². The molecule has 1 aliphatic heterocycles. The molecule has 0 saturated carbocycles. The molecule has 0 amide bonds.